The topological polar surface area (TPSA) is 111 Å². The van der Waals surface area contributed by atoms with Crippen LogP contribution in [0.15, 0.2) is 18.2 Å². The molecule has 1 aromatic carbocycles. The molecule has 2 aliphatic rings. The van der Waals surface area contributed by atoms with Crippen LogP contribution in [0.1, 0.15) is 37.0 Å². The number of rotatable bonds is 6. The molecule has 9 heteroatoms. The third-order valence-electron chi connectivity index (χ3n) is 4.47. The number of anilines is 1. The number of morpholine rings is 1. The summed E-state index contributed by atoms with van der Waals surface area (Å²) in [5, 5.41) is 14.3. The number of amides is 1. The van der Waals surface area contributed by atoms with Gasteiger partial charge in [0, 0.05) is 25.2 Å². The number of esters is 1. The standard InChI is InChI=1S/C18H23N3O6/c1-11-8-20(9-12(2)27-11)17(22)10-26-18(23)13-3-6-15(19-14-4-5-14)16(7-13)21(24)25/h3,6-7,11-12,14,19H,4-5,8-10H2,1-2H3/t11-,12-/m1/s1. The van der Waals surface area contributed by atoms with E-state index in [1.807, 2.05) is 13.8 Å². The quantitative estimate of drug-likeness (QED) is 0.458. The summed E-state index contributed by atoms with van der Waals surface area (Å²) in [4.78, 5) is 36.8. The van der Waals surface area contributed by atoms with Crippen molar-refractivity contribution in [3.63, 3.8) is 0 Å². The maximum Gasteiger partial charge on any atom is 0.338 e. The first-order valence-corrected chi connectivity index (χ1v) is 8.99. The van der Waals surface area contributed by atoms with Crippen molar-refractivity contribution in [3.8, 4) is 0 Å². The van der Waals surface area contributed by atoms with Crippen molar-refractivity contribution in [1.82, 2.24) is 4.90 Å². The van der Waals surface area contributed by atoms with Crippen molar-refractivity contribution in [2.24, 2.45) is 0 Å². The molecule has 1 aromatic rings. The zero-order chi connectivity index (χ0) is 19.6. The van der Waals surface area contributed by atoms with Crippen LogP contribution in [0.5, 0.6) is 0 Å². The number of carbonyl (C=O) groups is 2. The third kappa shape index (κ3) is 4.94. The van der Waals surface area contributed by atoms with Crippen LogP contribution in [-0.2, 0) is 14.3 Å². The maximum absolute atomic E-state index is 12.3. The van der Waals surface area contributed by atoms with Gasteiger partial charge in [0.25, 0.3) is 11.6 Å². The van der Waals surface area contributed by atoms with E-state index in [9.17, 15) is 19.7 Å². The van der Waals surface area contributed by atoms with E-state index in [2.05, 4.69) is 5.32 Å². The summed E-state index contributed by atoms with van der Waals surface area (Å²) in [6.45, 7) is 4.21. The van der Waals surface area contributed by atoms with Crippen molar-refractivity contribution < 1.29 is 24.0 Å². The summed E-state index contributed by atoms with van der Waals surface area (Å²) in [5.74, 6) is -1.08. The molecule has 2 atom stereocenters. The van der Waals surface area contributed by atoms with Crippen molar-refractivity contribution in [1.29, 1.82) is 0 Å². The Morgan fingerprint density at radius 3 is 2.56 bits per heavy atom. The van der Waals surface area contributed by atoms with Crippen LogP contribution in [-0.4, -0.2) is 59.6 Å². The lowest BCUT2D eigenvalue weighted by molar-refractivity contribution is -0.384. The molecule has 0 aromatic heterocycles. The van der Waals surface area contributed by atoms with E-state index < -0.39 is 17.5 Å². The van der Waals surface area contributed by atoms with E-state index in [0.717, 1.165) is 12.8 Å². The lowest BCUT2D eigenvalue weighted by Crippen LogP contribution is -2.49. The number of nitro benzene ring substituents is 1. The second kappa shape index (κ2) is 7.91. The van der Waals surface area contributed by atoms with Gasteiger partial charge in [-0.1, -0.05) is 0 Å². The van der Waals surface area contributed by atoms with Gasteiger partial charge in [-0.15, -0.1) is 0 Å². The summed E-state index contributed by atoms with van der Waals surface area (Å²) in [6.07, 6.45) is 1.79. The number of hydrogen-bond acceptors (Lipinski definition) is 7. The molecule has 0 spiro atoms. The normalized spacial score (nSPS) is 22.2. The van der Waals surface area contributed by atoms with Gasteiger partial charge in [0.2, 0.25) is 0 Å². The first kappa shape index (κ1) is 19.1. The zero-order valence-corrected chi connectivity index (χ0v) is 15.3. The highest BCUT2D eigenvalue weighted by molar-refractivity contribution is 5.93. The predicted molar refractivity (Wildman–Crippen MR) is 96.6 cm³/mol. The van der Waals surface area contributed by atoms with E-state index in [-0.39, 0.29) is 35.4 Å². The van der Waals surface area contributed by atoms with Crippen molar-refractivity contribution in [3.05, 3.63) is 33.9 Å². The molecular formula is C18H23N3O6. The van der Waals surface area contributed by atoms with E-state index in [1.165, 1.54) is 18.2 Å². The van der Waals surface area contributed by atoms with E-state index in [0.29, 0.717) is 18.8 Å². The fraction of sp³-hybridized carbons (Fsp3) is 0.556. The Balaban J connectivity index is 1.61. The highest BCUT2D eigenvalue weighted by Crippen LogP contribution is 2.31. The highest BCUT2D eigenvalue weighted by Gasteiger charge is 2.28. The van der Waals surface area contributed by atoms with Gasteiger partial charge in [-0.25, -0.2) is 4.79 Å². The molecule has 3 rings (SSSR count). The smallest absolute Gasteiger partial charge is 0.338 e. The van der Waals surface area contributed by atoms with Gasteiger partial charge in [0.1, 0.15) is 5.69 Å². The van der Waals surface area contributed by atoms with Gasteiger partial charge < -0.3 is 19.7 Å². The number of ether oxygens (including phenoxy) is 2. The maximum atomic E-state index is 12.3. The molecule has 0 unspecified atom stereocenters. The molecule has 1 aliphatic heterocycles. The number of hydrogen-bond donors (Lipinski definition) is 1. The molecule has 27 heavy (non-hydrogen) atoms. The Kier molecular flexibility index (Phi) is 5.59. The van der Waals surface area contributed by atoms with Crippen molar-refractivity contribution in [2.75, 3.05) is 25.0 Å². The van der Waals surface area contributed by atoms with Gasteiger partial charge >= 0.3 is 5.97 Å². The number of carbonyl (C=O) groups excluding carboxylic acids is 2. The molecule has 1 aliphatic carbocycles. The molecule has 9 nitrogen and oxygen atoms in total. The second-order valence-corrected chi connectivity index (χ2v) is 7.04. The van der Waals surface area contributed by atoms with Crippen LogP contribution >= 0.6 is 0 Å². The fourth-order valence-corrected chi connectivity index (χ4v) is 3.06. The van der Waals surface area contributed by atoms with Gasteiger partial charge in [0.15, 0.2) is 6.61 Å². The number of nitro groups is 1. The molecule has 1 saturated carbocycles. The molecular weight excluding hydrogens is 354 g/mol. The number of nitrogens with one attached hydrogen (secondary N) is 1. The van der Waals surface area contributed by atoms with Gasteiger partial charge in [-0.05, 0) is 38.8 Å². The van der Waals surface area contributed by atoms with Crippen LogP contribution in [0.3, 0.4) is 0 Å². The Bertz CT molecular complexity index is 739. The lowest BCUT2D eigenvalue weighted by Gasteiger charge is -2.35. The molecule has 1 heterocycles. The van der Waals surface area contributed by atoms with Crippen LogP contribution in [0, 0.1) is 10.1 Å². The third-order valence-corrected chi connectivity index (χ3v) is 4.47. The minimum Gasteiger partial charge on any atom is -0.452 e. The first-order valence-electron chi connectivity index (χ1n) is 8.99. The summed E-state index contributed by atoms with van der Waals surface area (Å²) in [7, 11) is 0. The van der Waals surface area contributed by atoms with Crippen LogP contribution in [0.25, 0.3) is 0 Å². The Morgan fingerprint density at radius 1 is 1.30 bits per heavy atom. The Labute approximate surface area is 156 Å². The van der Waals surface area contributed by atoms with Gasteiger partial charge in [-0.2, -0.15) is 0 Å². The van der Waals surface area contributed by atoms with E-state index >= 15 is 0 Å². The van der Waals surface area contributed by atoms with Gasteiger partial charge in [-0.3, -0.25) is 14.9 Å². The minimum atomic E-state index is -0.765. The number of benzene rings is 1. The monoisotopic (exact) mass is 377 g/mol. The summed E-state index contributed by atoms with van der Waals surface area (Å²) in [5.41, 5.74) is 0.240. The Hall–Kier alpha value is -2.68. The van der Waals surface area contributed by atoms with E-state index in [1.54, 1.807) is 4.90 Å². The van der Waals surface area contributed by atoms with Gasteiger partial charge in [0.05, 0.1) is 22.7 Å². The van der Waals surface area contributed by atoms with Crippen LogP contribution in [0.2, 0.25) is 0 Å². The average Bonchev–Trinajstić information content (AvgIpc) is 3.42. The molecule has 0 bridgehead atoms. The van der Waals surface area contributed by atoms with Crippen LogP contribution in [0.4, 0.5) is 11.4 Å². The van der Waals surface area contributed by atoms with Crippen molar-refractivity contribution in [2.45, 2.75) is 44.9 Å². The molecule has 1 saturated heterocycles. The second-order valence-electron chi connectivity index (χ2n) is 7.04. The Morgan fingerprint density at radius 2 is 1.96 bits per heavy atom. The molecule has 2 fully saturated rings. The van der Waals surface area contributed by atoms with Crippen LogP contribution < -0.4 is 5.32 Å². The average molecular weight is 377 g/mol. The highest BCUT2D eigenvalue weighted by atomic mass is 16.6. The molecule has 1 amide bonds. The zero-order valence-electron chi connectivity index (χ0n) is 15.3. The van der Waals surface area contributed by atoms with E-state index in [4.69, 9.17) is 9.47 Å². The summed E-state index contributed by atoms with van der Waals surface area (Å²) in [6, 6.07) is 4.39. The fourth-order valence-electron chi connectivity index (χ4n) is 3.06. The largest absolute Gasteiger partial charge is 0.452 e. The van der Waals surface area contributed by atoms with Crippen molar-refractivity contribution >= 4 is 23.3 Å². The first-order chi connectivity index (χ1) is 12.8. The lowest BCUT2D eigenvalue weighted by atomic mass is 10.1. The molecule has 0 radical (unpaired) electrons. The molecule has 1 N–H and O–H groups in total. The predicted octanol–water partition coefficient (Wildman–Crippen LogP) is 1.96. The minimum absolute atomic E-state index is 0.0413. The summed E-state index contributed by atoms with van der Waals surface area (Å²) < 4.78 is 10.6. The molecule has 146 valence electrons. The summed E-state index contributed by atoms with van der Waals surface area (Å²) >= 11 is 0. The number of nitrogens with zero attached hydrogens (tertiary/aromatic N) is 2. The SMILES string of the molecule is C[C@@H]1CN(C(=O)COC(=O)c2ccc(NC3CC3)c([N+](=O)[O-])c2)C[C@@H](C)O1.